The number of aromatic nitrogens is 2. The number of hydrogen-bond acceptors (Lipinski definition) is 5. The zero-order chi connectivity index (χ0) is 24.9. The Labute approximate surface area is 204 Å². The first kappa shape index (κ1) is 24.9. The summed E-state index contributed by atoms with van der Waals surface area (Å²) in [6.45, 7) is 3.63. The Morgan fingerprint density at radius 3 is 2.50 bits per heavy atom. The van der Waals surface area contributed by atoms with Crippen molar-refractivity contribution in [2.45, 2.75) is 20.3 Å². The molecule has 0 radical (unpaired) electrons. The molecule has 1 aromatic heterocycles. The Bertz CT molecular complexity index is 1310. The Morgan fingerprint density at radius 2 is 1.82 bits per heavy atom. The van der Waals surface area contributed by atoms with Crippen LogP contribution in [0.5, 0.6) is 0 Å². The quantitative estimate of drug-likeness (QED) is 0.448. The van der Waals surface area contributed by atoms with E-state index < -0.39 is 17.4 Å². The number of fused-ring (bicyclic) bond motifs is 1. The molecule has 0 fully saturated rings. The van der Waals surface area contributed by atoms with E-state index in [0.717, 1.165) is 20.9 Å². The lowest BCUT2D eigenvalue weighted by atomic mass is 9.80. The van der Waals surface area contributed by atoms with Crippen molar-refractivity contribution in [3.05, 3.63) is 82.6 Å². The molecular weight excluding hydrogens is 504 g/mol. The monoisotopic (exact) mass is 526 g/mol. The van der Waals surface area contributed by atoms with E-state index in [1.54, 1.807) is 23.9 Å². The van der Waals surface area contributed by atoms with E-state index in [1.165, 1.54) is 25.2 Å². The molecule has 4 rings (SSSR count). The summed E-state index contributed by atoms with van der Waals surface area (Å²) in [7, 11) is 0. The number of carboxylic acid groups (broad SMARTS) is 2. The summed E-state index contributed by atoms with van der Waals surface area (Å²) in [6, 6.07) is 13.7. The number of esters is 1. The summed E-state index contributed by atoms with van der Waals surface area (Å²) in [5, 5.41) is 23.9. The number of ether oxygens (including phenoxy) is 1. The smallest absolute Gasteiger partial charge is 0.357 e. The summed E-state index contributed by atoms with van der Waals surface area (Å²) in [5.41, 5.74) is 0.307. The van der Waals surface area contributed by atoms with Crippen molar-refractivity contribution in [1.82, 2.24) is 9.78 Å². The van der Waals surface area contributed by atoms with Crippen molar-refractivity contribution < 1.29 is 29.3 Å². The topological polar surface area (TPSA) is 119 Å². The second kappa shape index (κ2) is 10.5. The molecule has 0 amide bonds. The summed E-state index contributed by atoms with van der Waals surface area (Å²) in [4.78, 5) is 33.3. The lowest BCUT2D eigenvalue weighted by Gasteiger charge is -2.23. The number of carbonyl (C=O) groups is 3. The number of rotatable bonds is 5. The van der Waals surface area contributed by atoms with E-state index in [4.69, 9.17) is 14.9 Å². The minimum Gasteiger partial charge on any atom is -0.481 e. The molecule has 0 saturated carbocycles. The van der Waals surface area contributed by atoms with Gasteiger partial charge in [0.1, 0.15) is 0 Å². The van der Waals surface area contributed by atoms with Gasteiger partial charge in [0.05, 0.1) is 23.9 Å². The van der Waals surface area contributed by atoms with E-state index in [2.05, 4.69) is 27.1 Å². The van der Waals surface area contributed by atoms with Gasteiger partial charge < -0.3 is 14.9 Å². The van der Waals surface area contributed by atoms with Crippen LogP contribution < -0.4 is 0 Å². The van der Waals surface area contributed by atoms with Crippen LogP contribution in [-0.2, 0) is 14.3 Å². The highest BCUT2D eigenvalue weighted by Gasteiger charge is 2.34. The van der Waals surface area contributed by atoms with Crippen LogP contribution in [0.3, 0.4) is 0 Å². The summed E-state index contributed by atoms with van der Waals surface area (Å²) >= 11 is 3.46. The third kappa shape index (κ3) is 5.60. The number of allylic oxidation sites excluding steroid dienone is 2. The van der Waals surface area contributed by atoms with E-state index >= 15 is 0 Å². The molecule has 0 saturated heterocycles. The van der Waals surface area contributed by atoms with Gasteiger partial charge in [-0.3, -0.25) is 4.79 Å². The standard InChI is InChI=1S/C16H13BrN2O2.C9H10O4/c1-2-21-16(20)15-7-8-18-19(15)14-6-4-11-9-13(17)5-3-12(11)10-14;1-9(8(12)13)4-2-3-6(5-9)7(10)11/h3-10H,2H2,1H3;2-4H,5H2,1H3,(H,10,11)(H,12,13). The van der Waals surface area contributed by atoms with Crippen molar-refractivity contribution >= 4 is 44.6 Å². The zero-order valence-corrected chi connectivity index (χ0v) is 20.2. The Balaban J connectivity index is 0.000000215. The van der Waals surface area contributed by atoms with E-state index in [1.807, 2.05) is 30.3 Å². The summed E-state index contributed by atoms with van der Waals surface area (Å²) in [6.07, 6.45) is 6.03. The van der Waals surface area contributed by atoms with Crippen molar-refractivity contribution in [3.63, 3.8) is 0 Å². The van der Waals surface area contributed by atoms with Gasteiger partial charge in [-0.2, -0.15) is 5.10 Å². The SMILES string of the molecule is CC1(C(=O)O)C=CC=C(C(=O)O)C1.CCOC(=O)c1ccnn1-c1ccc2cc(Br)ccc2c1. The van der Waals surface area contributed by atoms with Gasteiger partial charge in [0.2, 0.25) is 0 Å². The van der Waals surface area contributed by atoms with Crippen LogP contribution >= 0.6 is 15.9 Å². The highest BCUT2D eigenvalue weighted by Crippen LogP contribution is 2.31. The lowest BCUT2D eigenvalue weighted by Crippen LogP contribution is -2.28. The Hall–Kier alpha value is -3.72. The van der Waals surface area contributed by atoms with Crippen LogP contribution in [0.2, 0.25) is 0 Å². The molecule has 1 heterocycles. The molecule has 9 heteroatoms. The minimum atomic E-state index is -1.08. The fraction of sp³-hybridized carbons (Fsp3) is 0.200. The fourth-order valence-corrected chi connectivity index (χ4v) is 3.77. The first-order valence-electron chi connectivity index (χ1n) is 10.4. The van der Waals surface area contributed by atoms with Gasteiger partial charge in [-0.05, 0) is 61.4 Å². The summed E-state index contributed by atoms with van der Waals surface area (Å²) < 4.78 is 7.68. The number of carbonyl (C=O) groups excluding carboxylic acids is 1. The average Bonchev–Trinajstić information content (AvgIpc) is 3.29. The maximum absolute atomic E-state index is 11.9. The van der Waals surface area contributed by atoms with Gasteiger partial charge in [0.15, 0.2) is 5.69 Å². The number of carboxylic acids is 2. The van der Waals surface area contributed by atoms with Gasteiger partial charge in [-0.25, -0.2) is 14.3 Å². The van der Waals surface area contributed by atoms with Crippen molar-refractivity contribution in [2.75, 3.05) is 6.61 Å². The molecule has 176 valence electrons. The highest BCUT2D eigenvalue weighted by atomic mass is 79.9. The lowest BCUT2D eigenvalue weighted by molar-refractivity contribution is -0.145. The molecule has 1 unspecified atom stereocenters. The van der Waals surface area contributed by atoms with Crippen molar-refractivity contribution in [3.8, 4) is 5.69 Å². The van der Waals surface area contributed by atoms with Crippen LogP contribution in [-0.4, -0.2) is 44.5 Å². The van der Waals surface area contributed by atoms with Gasteiger partial charge in [0.25, 0.3) is 0 Å². The molecule has 1 aliphatic rings. The molecule has 8 nitrogen and oxygen atoms in total. The zero-order valence-electron chi connectivity index (χ0n) is 18.6. The van der Waals surface area contributed by atoms with Gasteiger partial charge in [0, 0.05) is 10.0 Å². The first-order chi connectivity index (χ1) is 16.1. The second-order valence-corrected chi connectivity index (χ2v) is 8.70. The van der Waals surface area contributed by atoms with Gasteiger partial charge in [-0.1, -0.05) is 46.3 Å². The Morgan fingerprint density at radius 1 is 1.12 bits per heavy atom. The third-order valence-electron chi connectivity index (χ3n) is 5.24. The minimum absolute atomic E-state index is 0.0359. The molecule has 1 aliphatic carbocycles. The number of hydrogen-bond donors (Lipinski definition) is 2. The molecule has 0 spiro atoms. The third-order valence-corrected chi connectivity index (χ3v) is 5.73. The average molecular weight is 527 g/mol. The molecule has 0 aliphatic heterocycles. The van der Waals surface area contributed by atoms with Crippen LogP contribution in [0.15, 0.2) is 76.9 Å². The highest BCUT2D eigenvalue weighted by molar-refractivity contribution is 9.10. The maximum Gasteiger partial charge on any atom is 0.357 e. The largest absolute Gasteiger partial charge is 0.481 e. The predicted octanol–water partition coefficient (Wildman–Crippen LogP) is 5.01. The molecule has 2 aromatic carbocycles. The molecule has 3 aromatic rings. The van der Waals surface area contributed by atoms with E-state index in [9.17, 15) is 14.4 Å². The maximum atomic E-state index is 11.9. The molecular formula is C25H23BrN2O6. The van der Waals surface area contributed by atoms with Gasteiger partial charge >= 0.3 is 17.9 Å². The molecule has 1 atom stereocenters. The Kier molecular flexibility index (Phi) is 7.68. The number of nitrogens with zero attached hydrogens (tertiary/aromatic N) is 2. The normalized spacial score (nSPS) is 16.9. The van der Waals surface area contributed by atoms with Gasteiger partial charge in [-0.15, -0.1) is 0 Å². The number of benzene rings is 2. The van der Waals surface area contributed by atoms with E-state index in [-0.39, 0.29) is 18.0 Å². The van der Waals surface area contributed by atoms with Crippen LogP contribution in [0.25, 0.3) is 16.5 Å². The fourth-order valence-electron chi connectivity index (χ4n) is 3.39. The molecule has 34 heavy (non-hydrogen) atoms. The van der Waals surface area contributed by atoms with Crippen molar-refractivity contribution in [2.24, 2.45) is 5.41 Å². The predicted molar refractivity (Wildman–Crippen MR) is 130 cm³/mol. The second-order valence-electron chi connectivity index (χ2n) is 7.78. The summed E-state index contributed by atoms with van der Waals surface area (Å²) in [5.74, 6) is -2.43. The van der Waals surface area contributed by atoms with E-state index in [0.29, 0.717) is 12.3 Å². The van der Waals surface area contributed by atoms with Crippen LogP contribution in [0, 0.1) is 5.41 Å². The van der Waals surface area contributed by atoms with Crippen LogP contribution in [0.4, 0.5) is 0 Å². The number of aliphatic carboxylic acids is 2. The van der Waals surface area contributed by atoms with Crippen LogP contribution in [0.1, 0.15) is 30.8 Å². The number of halogens is 1. The first-order valence-corrected chi connectivity index (χ1v) is 11.2. The molecule has 2 N–H and O–H groups in total. The van der Waals surface area contributed by atoms with Crippen molar-refractivity contribution in [1.29, 1.82) is 0 Å². The molecule has 0 bridgehead atoms.